The Morgan fingerprint density at radius 2 is 1.93 bits per heavy atom. The standard InChI is InChI=1S/C17H10Cl2F2N4O2/c1-2-8-27-15-12(19)9-11(18)14(22-15)25-17(26)24(16(20)21)13(23-25)10-6-4-3-5-7-10/h1,3-7,9,16H,8H2. The molecule has 0 bridgehead atoms. The summed E-state index contributed by atoms with van der Waals surface area (Å²) in [6, 6.07) is 9.32. The molecular weight excluding hydrogens is 401 g/mol. The lowest BCUT2D eigenvalue weighted by molar-refractivity contribution is 0.0679. The molecule has 0 unspecified atom stereocenters. The number of rotatable bonds is 5. The van der Waals surface area contributed by atoms with Gasteiger partial charge in [0, 0.05) is 5.56 Å². The van der Waals surface area contributed by atoms with Gasteiger partial charge in [-0.2, -0.15) is 18.4 Å². The van der Waals surface area contributed by atoms with Crippen LogP contribution < -0.4 is 10.4 Å². The Morgan fingerprint density at radius 1 is 1.22 bits per heavy atom. The van der Waals surface area contributed by atoms with E-state index in [1.54, 1.807) is 30.3 Å². The molecule has 6 nitrogen and oxygen atoms in total. The molecule has 138 valence electrons. The van der Waals surface area contributed by atoms with Crippen LogP contribution in [0.3, 0.4) is 0 Å². The number of terminal acetylenes is 1. The van der Waals surface area contributed by atoms with Crippen LogP contribution in [0.1, 0.15) is 6.55 Å². The van der Waals surface area contributed by atoms with Crippen molar-refractivity contribution in [2.24, 2.45) is 0 Å². The monoisotopic (exact) mass is 410 g/mol. The van der Waals surface area contributed by atoms with Gasteiger partial charge in [0.2, 0.25) is 5.88 Å². The molecule has 0 fully saturated rings. The highest BCUT2D eigenvalue weighted by molar-refractivity contribution is 6.36. The average molecular weight is 411 g/mol. The summed E-state index contributed by atoms with van der Waals surface area (Å²) in [7, 11) is 0. The van der Waals surface area contributed by atoms with Crippen molar-refractivity contribution in [2.45, 2.75) is 6.55 Å². The lowest BCUT2D eigenvalue weighted by Crippen LogP contribution is -2.25. The summed E-state index contributed by atoms with van der Waals surface area (Å²) in [6.07, 6.45) is 5.12. The second-order valence-corrected chi connectivity index (χ2v) is 5.92. The molecule has 0 atom stereocenters. The maximum Gasteiger partial charge on any atom is 0.357 e. The number of nitrogens with zero attached hydrogens (tertiary/aromatic N) is 4. The zero-order valence-electron chi connectivity index (χ0n) is 13.4. The summed E-state index contributed by atoms with van der Waals surface area (Å²) in [5.74, 6) is 1.68. The van der Waals surface area contributed by atoms with Crippen LogP contribution >= 0.6 is 23.2 Å². The molecule has 3 aromatic rings. The molecule has 0 radical (unpaired) electrons. The molecule has 0 spiro atoms. The van der Waals surface area contributed by atoms with Crippen molar-refractivity contribution in [2.75, 3.05) is 6.61 Å². The van der Waals surface area contributed by atoms with Gasteiger partial charge in [0.25, 0.3) is 0 Å². The van der Waals surface area contributed by atoms with E-state index in [4.69, 9.17) is 34.4 Å². The van der Waals surface area contributed by atoms with E-state index in [1.807, 2.05) is 0 Å². The first kappa shape index (κ1) is 18.9. The summed E-state index contributed by atoms with van der Waals surface area (Å²) in [5.41, 5.74) is -0.800. The quantitative estimate of drug-likeness (QED) is 0.600. The van der Waals surface area contributed by atoms with Gasteiger partial charge in [-0.15, -0.1) is 11.5 Å². The third-order valence-electron chi connectivity index (χ3n) is 3.41. The van der Waals surface area contributed by atoms with E-state index in [-0.39, 0.29) is 38.7 Å². The predicted molar refractivity (Wildman–Crippen MR) is 96.7 cm³/mol. The molecule has 3 rings (SSSR count). The largest absolute Gasteiger partial charge is 0.463 e. The fraction of sp³-hybridized carbons (Fsp3) is 0.118. The first-order chi connectivity index (χ1) is 12.9. The van der Waals surface area contributed by atoms with Gasteiger partial charge in [-0.1, -0.05) is 59.5 Å². The third-order valence-corrected chi connectivity index (χ3v) is 3.96. The Hall–Kier alpha value is -2.89. The number of aromatic nitrogens is 4. The molecule has 0 aliphatic carbocycles. The fourth-order valence-corrected chi connectivity index (χ4v) is 2.77. The Bertz CT molecular complexity index is 1080. The van der Waals surface area contributed by atoms with Crippen LogP contribution in [0.4, 0.5) is 8.78 Å². The molecule has 0 saturated heterocycles. The Labute approximate surface area is 161 Å². The molecule has 0 aliphatic rings. The van der Waals surface area contributed by atoms with E-state index in [2.05, 4.69) is 16.0 Å². The highest BCUT2D eigenvalue weighted by Crippen LogP contribution is 2.30. The van der Waals surface area contributed by atoms with Crippen LogP contribution in [-0.2, 0) is 0 Å². The highest BCUT2D eigenvalue weighted by atomic mass is 35.5. The highest BCUT2D eigenvalue weighted by Gasteiger charge is 2.24. The lowest BCUT2D eigenvalue weighted by Gasteiger charge is -2.08. The van der Waals surface area contributed by atoms with Crippen molar-refractivity contribution in [3.63, 3.8) is 0 Å². The lowest BCUT2D eigenvalue weighted by atomic mass is 10.2. The van der Waals surface area contributed by atoms with Crippen molar-refractivity contribution >= 4 is 23.2 Å². The van der Waals surface area contributed by atoms with Crippen LogP contribution in [0, 0.1) is 12.3 Å². The first-order valence-electron chi connectivity index (χ1n) is 7.42. The zero-order valence-corrected chi connectivity index (χ0v) is 15.0. The van der Waals surface area contributed by atoms with Gasteiger partial charge in [0.05, 0.1) is 5.02 Å². The van der Waals surface area contributed by atoms with Crippen LogP contribution in [0.5, 0.6) is 5.88 Å². The third kappa shape index (κ3) is 3.65. The summed E-state index contributed by atoms with van der Waals surface area (Å²) >= 11 is 12.1. The molecule has 1 aromatic carbocycles. The van der Waals surface area contributed by atoms with Gasteiger partial charge in [-0.3, -0.25) is 0 Å². The first-order valence-corrected chi connectivity index (χ1v) is 8.17. The van der Waals surface area contributed by atoms with Gasteiger partial charge in [-0.05, 0) is 6.07 Å². The van der Waals surface area contributed by atoms with E-state index in [0.29, 0.717) is 10.2 Å². The van der Waals surface area contributed by atoms with Crippen molar-refractivity contribution in [1.82, 2.24) is 19.3 Å². The molecular formula is C17H10Cl2F2N4O2. The van der Waals surface area contributed by atoms with Gasteiger partial charge in [0.1, 0.15) is 5.02 Å². The topological polar surface area (TPSA) is 61.9 Å². The molecule has 0 N–H and O–H groups in total. The van der Waals surface area contributed by atoms with Crippen molar-refractivity contribution in [3.8, 4) is 35.4 Å². The second-order valence-electron chi connectivity index (χ2n) is 5.11. The molecule has 0 aliphatic heterocycles. The fourth-order valence-electron chi connectivity index (χ4n) is 2.28. The molecule has 2 aromatic heterocycles. The van der Waals surface area contributed by atoms with Gasteiger partial charge in [-0.25, -0.2) is 9.36 Å². The van der Waals surface area contributed by atoms with Crippen molar-refractivity contribution in [3.05, 3.63) is 56.9 Å². The maximum absolute atomic E-state index is 13.5. The summed E-state index contributed by atoms with van der Waals surface area (Å²) in [5, 5.41) is 3.95. The normalized spacial score (nSPS) is 10.8. The maximum atomic E-state index is 13.5. The van der Waals surface area contributed by atoms with Crippen LogP contribution in [0.2, 0.25) is 10.0 Å². The second kappa shape index (κ2) is 7.78. The number of hydrogen-bond acceptors (Lipinski definition) is 4. The van der Waals surface area contributed by atoms with E-state index in [0.717, 1.165) is 0 Å². The number of alkyl halides is 2. The van der Waals surface area contributed by atoms with Gasteiger partial charge < -0.3 is 4.74 Å². The average Bonchev–Trinajstić information content (AvgIpc) is 2.99. The minimum absolute atomic E-state index is 0.0450. The number of benzene rings is 1. The van der Waals surface area contributed by atoms with Crippen LogP contribution in [0.15, 0.2) is 41.2 Å². The minimum atomic E-state index is -3.12. The van der Waals surface area contributed by atoms with Crippen molar-refractivity contribution in [1.29, 1.82) is 0 Å². The SMILES string of the molecule is C#CCOc1nc(-n2nc(-c3ccccc3)n(C(F)F)c2=O)c(Cl)cc1Cl. The Balaban J connectivity index is 2.22. The number of halogens is 4. The van der Waals surface area contributed by atoms with E-state index < -0.39 is 12.2 Å². The van der Waals surface area contributed by atoms with E-state index >= 15 is 0 Å². The Kier molecular flexibility index (Phi) is 5.44. The summed E-state index contributed by atoms with van der Waals surface area (Å²) < 4.78 is 33.1. The van der Waals surface area contributed by atoms with Crippen molar-refractivity contribution < 1.29 is 13.5 Å². The minimum Gasteiger partial charge on any atom is -0.463 e. The molecule has 2 heterocycles. The van der Waals surface area contributed by atoms with Crippen LogP contribution in [0.25, 0.3) is 17.2 Å². The number of hydrogen-bond donors (Lipinski definition) is 0. The van der Waals surface area contributed by atoms with E-state index in [9.17, 15) is 13.6 Å². The Morgan fingerprint density at radius 3 is 2.56 bits per heavy atom. The molecule has 10 heteroatoms. The predicted octanol–water partition coefficient (Wildman–Crippen LogP) is 3.81. The zero-order chi connectivity index (χ0) is 19.6. The van der Waals surface area contributed by atoms with E-state index in [1.165, 1.54) is 6.07 Å². The molecule has 0 saturated carbocycles. The van der Waals surface area contributed by atoms with Gasteiger partial charge >= 0.3 is 12.2 Å². The molecule has 0 amide bonds. The number of pyridine rings is 1. The number of ether oxygens (including phenoxy) is 1. The molecule has 27 heavy (non-hydrogen) atoms. The smallest absolute Gasteiger partial charge is 0.357 e. The summed E-state index contributed by atoms with van der Waals surface area (Å²) in [4.78, 5) is 16.6. The van der Waals surface area contributed by atoms with Crippen LogP contribution in [-0.4, -0.2) is 25.9 Å². The summed E-state index contributed by atoms with van der Waals surface area (Å²) in [6.45, 7) is -3.26. The van der Waals surface area contributed by atoms with Gasteiger partial charge in [0.15, 0.2) is 18.2 Å².